The van der Waals surface area contributed by atoms with Crippen molar-refractivity contribution in [3.8, 4) is 0 Å². The Morgan fingerprint density at radius 1 is 1.29 bits per heavy atom. The number of fused-ring (bicyclic) bond motifs is 1. The van der Waals surface area contributed by atoms with E-state index in [0.29, 0.717) is 13.1 Å². The van der Waals surface area contributed by atoms with Gasteiger partial charge in [0.1, 0.15) is 0 Å². The van der Waals surface area contributed by atoms with Gasteiger partial charge in [0, 0.05) is 24.6 Å². The molecule has 2 heterocycles. The third-order valence-corrected chi connectivity index (χ3v) is 4.70. The summed E-state index contributed by atoms with van der Waals surface area (Å²) in [6.45, 7) is 3.13. The average molecular weight is 291 g/mol. The molecule has 2 saturated heterocycles. The van der Waals surface area contributed by atoms with Gasteiger partial charge in [-0.05, 0) is 32.4 Å². The lowest BCUT2D eigenvalue weighted by atomic mass is 9.94. The van der Waals surface area contributed by atoms with Crippen molar-refractivity contribution in [2.24, 2.45) is 5.92 Å². The normalized spacial score (nSPS) is 29.1. The molecule has 2 atom stereocenters. The first-order valence-electron chi connectivity index (χ1n) is 7.71. The Kier molecular flexibility index (Phi) is 4.05. The van der Waals surface area contributed by atoms with Gasteiger partial charge in [-0.3, -0.25) is 19.8 Å². The van der Waals surface area contributed by atoms with Crippen molar-refractivity contribution in [1.82, 2.24) is 9.80 Å². The highest BCUT2D eigenvalue weighted by Crippen LogP contribution is 2.31. The Morgan fingerprint density at radius 2 is 2.05 bits per heavy atom. The van der Waals surface area contributed by atoms with E-state index >= 15 is 0 Å². The molecule has 2 aliphatic heterocycles. The first-order valence-corrected chi connectivity index (χ1v) is 7.71. The van der Waals surface area contributed by atoms with Crippen LogP contribution in [-0.2, 0) is 4.79 Å². The zero-order valence-electron chi connectivity index (χ0n) is 12.1. The van der Waals surface area contributed by atoms with Crippen LogP contribution in [0.2, 0.25) is 0 Å². The molecule has 6 nitrogen and oxygen atoms in total. The summed E-state index contributed by atoms with van der Waals surface area (Å²) in [5.41, 5.74) is 0.105. The van der Waals surface area contributed by atoms with Crippen LogP contribution in [0.3, 0.4) is 0 Å². The van der Waals surface area contributed by atoms with Gasteiger partial charge in [0.15, 0.2) is 0 Å². The summed E-state index contributed by atoms with van der Waals surface area (Å²) in [5.74, 6) is 0.345. The zero-order valence-corrected chi connectivity index (χ0v) is 12.1. The fourth-order valence-electron chi connectivity index (χ4n) is 3.53. The molecule has 1 amide bonds. The Hall–Kier alpha value is -1.69. The van der Waals surface area contributed by atoms with Gasteiger partial charge in [-0.1, -0.05) is 12.5 Å². The van der Waals surface area contributed by atoms with E-state index in [1.165, 1.54) is 6.42 Å². The fraction of sp³-hybridized carbons (Fsp3) is 0.667. The van der Waals surface area contributed by atoms with Crippen LogP contribution in [-0.4, -0.2) is 52.9 Å². The van der Waals surface area contributed by atoms with Gasteiger partial charge in [0.25, 0.3) is 5.70 Å². The van der Waals surface area contributed by atoms with Crippen LogP contribution in [0.1, 0.15) is 25.7 Å². The lowest BCUT2D eigenvalue weighted by Gasteiger charge is -2.30. The molecule has 2 fully saturated rings. The van der Waals surface area contributed by atoms with Gasteiger partial charge >= 0.3 is 0 Å². The van der Waals surface area contributed by atoms with Gasteiger partial charge in [-0.15, -0.1) is 0 Å². The highest BCUT2D eigenvalue weighted by atomic mass is 16.6. The summed E-state index contributed by atoms with van der Waals surface area (Å²) in [6.07, 6.45) is 9.57. The van der Waals surface area contributed by atoms with E-state index in [-0.39, 0.29) is 28.5 Å². The maximum atomic E-state index is 12.5. The minimum atomic E-state index is -0.377. The Morgan fingerprint density at radius 3 is 2.76 bits per heavy atom. The van der Waals surface area contributed by atoms with Gasteiger partial charge in [0.2, 0.25) is 5.91 Å². The van der Waals surface area contributed by atoms with E-state index in [0.717, 1.165) is 32.4 Å². The number of carbonyl (C=O) groups is 1. The smallest absolute Gasteiger partial charge is 0.267 e. The average Bonchev–Trinajstić information content (AvgIpc) is 2.91. The largest absolute Gasteiger partial charge is 0.334 e. The Bertz CT molecular complexity index is 494. The lowest BCUT2D eigenvalue weighted by molar-refractivity contribution is -0.419. The van der Waals surface area contributed by atoms with E-state index in [1.54, 1.807) is 12.2 Å². The van der Waals surface area contributed by atoms with Crippen molar-refractivity contribution in [3.63, 3.8) is 0 Å². The molecular weight excluding hydrogens is 270 g/mol. The van der Waals surface area contributed by atoms with Crippen molar-refractivity contribution in [2.75, 3.05) is 26.2 Å². The SMILES string of the molecule is O=C(CN1CCCCC1)N1CCC2C=CC([N+](=O)[O-])=CC21. The minimum Gasteiger partial charge on any atom is -0.334 e. The molecule has 0 radical (unpaired) electrons. The van der Waals surface area contributed by atoms with Crippen LogP contribution in [0.15, 0.2) is 23.9 Å². The summed E-state index contributed by atoms with van der Waals surface area (Å²) in [6, 6.07) is -0.132. The van der Waals surface area contributed by atoms with E-state index in [2.05, 4.69) is 4.90 Å². The molecule has 21 heavy (non-hydrogen) atoms. The number of carbonyl (C=O) groups excluding carboxylic acids is 1. The molecule has 0 bridgehead atoms. The van der Waals surface area contributed by atoms with Crippen LogP contribution in [0.5, 0.6) is 0 Å². The highest BCUT2D eigenvalue weighted by Gasteiger charge is 2.38. The maximum absolute atomic E-state index is 12.5. The van der Waals surface area contributed by atoms with Crippen molar-refractivity contribution in [2.45, 2.75) is 31.7 Å². The van der Waals surface area contributed by atoms with E-state index in [1.807, 2.05) is 11.0 Å². The predicted octanol–water partition coefficient (Wildman–Crippen LogP) is 1.42. The molecule has 0 N–H and O–H groups in total. The van der Waals surface area contributed by atoms with Gasteiger partial charge in [-0.2, -0.15) is 0 Å². The zero-order chi connectivity index (χ0) is 14.8. The maximum Gasteiger partial charge on any atom is 0.267 e. The summed E-state index contributed by atoms with van der Waals surface area (Å²) in [4.78, 5) is 27.1. The van der Waals surface area contributed by atoms with E-state index in [9.17, 15) is 14.9 Å². The van der Waals surface area contributed by atoms with Gasteiger partial charge in [0.05, 0.1) is 17.5 Å². The fourth-order valence-corrected chi connectivity index (χ4v) is 3.53. The summed E-state index contributed by atoms with van der Waals surface area (Å²) >= 11 is 0. The van der Waals surface area contributed by atoms with Crippen molar-refractivity contribution in [1.29, 1.82) is 0 Å². The van der Waals surface area contributed by atoms with Crippen molar-refractivity contribution >= 4 is 5.91 Å². The molecule has 0 aromatic carbocycles. The molecule has 0 saturated carbocycles. The van der Waals surface area contributed by atoms with E-state index in [4.69, 9.17) is 0 Å². The number of amides is 1. The molecule has 1 aliphatic carbocycles. The monoisotopic (exact) mass is 291 g/mol. The second-order valence-electron chi connectivity index (χ2n) is 6.07. The number of piperidine rings is 1. The molecule has 3 rings (SSSR count). The van der Waals surface area contributed by atoms with Crippen molar-refractivity contribution < 1.29 is 9.72 Å². The number of hydrogen-bond donors (Lipinski definition) is 0. The first kappa shape index (κ1) is 14.3. The van der Waals surface area contributed by atoms with Crippen LogP contribution in [0.4, 0.5) is 0 Å². The quantitative estimate of drug-likeness (QED) is 0.582. The lowest BCUT2D eigenvalue weighted by Crippen LogP contribution is -2.45. The molecule has 114 valence electrons. The summed E-state index contributed by atoms with van der Waals surface area (Å²) in [7, 11) is 0. The molecule has 0 aromatic rings. The predicted molar refractivity (Wildman–Crippen MR) is 78.1 cm³/mol. The summed E-state index contributed by atoms with van der Waals surface area (Å²) < 4.78 is 0. The van der Waals surface area contributed by atoms with Crippen LogP contribution in [0.25, 0.3) is 0 Å². The minimum absolute atomic E-state index is 0.105. The highest BCUT2D eigenvalue weighted by molar-refractivity contribution is 5.79. The topological polar surface area (TPSA) is 66.7 Å². The Labute approximate surface area is 124 Å². The first-order chi connectivity index (χ1) is 10.1. The standard InChI is InChI=1S/C15H21N3O3/c19-15(11-16-7-2-1-3-8-16)17-9-6-12-4-5-13(18(20)21)10-14(12)17/h4-5,10,12,14H,1-3,6-9,11H2. The summed E-state index contributed by atoms with van der Waals surface area (Å²) in [5, 5.41) is 10.9. The second kappa shape index (κ2) is 5.97. The van der Waals surface area contributed by atoms with Crippen LogP contribution < -0.4 is 0 Å². The third-order valence-electron chi connectivity index (χ3n) is 4.70. The van der Waals surface area contributed by atoms with Crippen LogP contribution in [0, 0.1) is 16.0 Å². The number of likely N-dealkylation sites (tertiary alicyclic amines) is 2. The molecule has 6 heteroatoms. The van der Waals surface area contributed by atoms with Crippen molar-refractivity contribution in [3.05, 3.63) is 34.0 Å². The molecule has 0 spiro atoms. The van der Waals surface area contributed by atoms with E-state index < -0.39 is 0 Å². The van der Waals surface area contributed by atoms with Gasteiger partial charge in [-0.25, -0.2) is 0 Å². The number of hydrogen-bond acceptors (Lipinski definition) is 4. The number of nitrogens with zero attached hydrogens (tertiary/aromatic N) is 3. The Balaban J connectivity index is 1.66. The molecule has 2 unspecified atom stereocenters. The molecular formula is C15H21N3O3. The van der Waals surface area contributed by atoms with Gasteiger partial charge < -0.3 is 4.90 Å². The molecule has 3 aliphatic rings. The second-order valence-corrected chi connectivity index (χ2v) is 6.07. The molecule has 0 aromatic heterocycles. The third kappa shape index (κ3) is 3.00. The van der Waals surface area contributed by atoms with Crippen LogP contribution >= 0.6 is 0 Å². The number of rotatable bonds is 3. The number of nitro groups is 1. The number of allylic oxidation sites excluding steroid dienone is 1.